The molecule has 2 N–H and O–H groups in total. The van der Waals surface area contributed by atoms with Crippen LogP contribution < -0.4 is 10.1 Å². The van der Waals surface area contributed by atoms with Crippen LogP contribution in [0.15, 0.2) is 36.9 Å². The lowest BCUT2D eigenvalue weighted by Gasteiger charge is -2.16. The molecule has 1 unspecified atom stereocenters. The van der Waals surface area contributed by atoms with E-state index in [4.69, 9.17) is 4.74 Å². The van der Waals surface area contributed by atoms with Crippen LogP contribution in [-0.4, -0.2) is 28.3 Å². The first-order valence-electron chi connectivity index (χ1n) is 7.26. The molecule has 1 heterocycles. The lowest BCUT2D eigenvalue weighted by atomic mass is 10.1. The van der Waals surface area contributed by atoms with Gasteiger partial charge in [0.1, 0.15) is 11.5 Å². The first kappa shape index (κ1) is 15.4. The smallest absolute Gasteiger partial charge is 0.120 e. The van der Waals surface area contributed by atoms with E-state index in [0.29, 0.717) is 5.75 Å². The van der Waals surface area contributed by atoms with Crippen LogP contribution in [0.3, 0.4) is 0 Å². The van der Waals surface area contributed by atoms with E-state index in [1.807, 2.05) is 25.5 Å². The van der Waals surface area contributed by atoms with Crippen molar-refractivity contribution in [2.24, 2.45) is 0 Å². The predicted octanol–water partition coefficient (Wildman–Crippen LogP) is 2.73. The van der Waals surface area contributed by atoms with Crippen molar-refractivity contribution in [2.75, 3.05) is 13.7 Å². The average molecular weight is 289 g/mol. The lowest BCUT2D eigenvalue weighted by molar-refractivity contribution is 0.407. The summed E-state index contributed by atoms with van der Waals surface area (Å²) in [6, 6.07) is 5.40. The first-order valence-corrected chi connectivity index (χ1v) is 7.26. The molecule has 0 amide bonds. The molecule has 21 heavy (non-hydrogen) atoms. The Labute approximate surface area is 125 Å². The minimum Gasteiger partial charge on any atom is -0.508 e. The van der Waals surface area contributed by atoms with Crippen LogP contribution in [0.2, 0.25) is 0 Å². The van der Waals surface area contributed by atoms with Gasteiger partial charge < -0.3 is 19.7 Å². The molecule has 1 aromatic heterocycles. The van der Waals surface area contributed by atoms with Gasteiger partial charge in [0.25, 0.3) is 0 Å². The highest BCUT2D eigenvalue weighted by Gasteiger charge is 2.10. The Kier molecular flexibility index (Phi) is 5.63. The van der Waals surface area contributed by atoms with Gasteiger partial charge in [-0.3, -0.25) is 0 Å². The summed E-state index contributed by atoms with van der Waals surface area (Å²) in [6.07, 6.45) is 7.79. The molecular weight excluding hydrogens is 266 g/mol. The summed E-state index contributed by atoms with van der Waals surface area (Å²) in [6.45, 7) is 3.94. The van der Waals surface area contributed by atoms with E-state index in [9.17, 15) is 5.11 Å². The topological polar surface area (TPSA) is 59.3 Å². The standard InChI is InChI=1S/C16H23N3O2/c1-13(15-11-14(21-2)5-6-16(15)20)18-7-3-4-9-19-10-8-17-12-19/h5-6,8,10-13,18,20H,3-4,7,9H2,1-2H3. The van der Waals surface area contributed by atoms with Crippen LogP contribution in [0, 0.1) is 0 Å². The number of imidazole rings is 1. The van der Waals surface area contributed by atoms with Crippen LogP contribution in [0.4, 0.5) is 0 Å². The van der Waals surface area contributed by atoms with Gasteiger partial charge in [0.15, 0.2) is 0 Å². The van der Waals surface area contributed by atoms with Gasteiger partial charge in [0.05, 0.1) is 13.4 Å². The Bertz CT molecular complexity index is 540. The third-order valence-electron chi connectivity index (χ3n) is 3.55. The van der Waals surface area contributed by atoms with E-state index in [2.05, 4.69) is 14.9 Å². The number of phenols is 1. The Balaban J connectivity index is 1.75. The van der Waals surface area contributed by atoms with Crippen LogP contribution in [0.1, 0.15) is 31.4 Å². The maximum absolute atomic E-state index is 9.92. The van der Waals surface area contributed by atoms with E-state index in [0.717, 1.165) is 37.2 Å². The molecular formula is C16H23N3O2. The normalized spacial score (nSPS) is 12.3. The number of aryl methyl sites for hydroxylation is 1. The number of hydrogen-bond donors (Lipinski definition) is 2. The first-order chi connectivity index (χ1) is 10.2. The fourth-order valence-corrected chi connectivity index (χ4v) is 2.27. The summed E-state index contributed by atoms with van der Waals surface area (Å²) in [5.74, 6) is 1.06. The molecule has 2 aromatic rings. The second-order valence-corrected chi connectivity index (χ2v) is 5.11. The van der Waals surface area contributed by atoms with E-state index in [-0.39, 0.29) is 6.04 Å². The number of rotatable bonds is 8. The molecule has 5 heteroatoms. The second kappa shape index (κ2) is 7.69. The molecule has 2 rings (SSSR count). The largest absolute Gasteiger partial charge is 0.508 e. The number of phenolic OH excluding ortho intramolecular Hbond substituents is 1. The van der Waals surface area contributed by atoms with Gasteiger partial charge in [-0.15, -0.1) is 0 Å². The average Bonchev–Trinajstić information content (AvgIpc) is 3.00. The second-order valence-electron chi connectivity index (χ2n) is 5.11. The molecule has 0 saturated heterocycles. The molecule has 0 aliphatic rings. The Morgan fingerprint density at radius 1 is 1.38 bits per heavy atom. The molecule has 1 atom stereocenters. The van der Waals surface area contributed by atoms with Crippen molar-refractivity contribution in [1.82, 2.24) is 14.9 Å². The molecule has 0 saturated carbocycles. The van der Waals surface area contributed by atoms with Gasteiger partial charge in [0, 0.05) is 30.5 Å². The zero-order valence-corrected chi connectivity index (χ0v) is 12.6. The number of nitrogens with zero attached hydrogens (tertiary/aromatic N) is 2. The third-order valence-corrected chi connectivity index (χ3v) is 3.55. The number of benzene rings is 1. The maximum atomic E-state index is 9.92. The molecule has 0 aliphatic carbocycles. The van der Waals surface area contributed by atoms with Crippen molar-refractivity contribution in [3.63, 3.8) is 0 Å². The molecule has 0 radical (unpaired) electrons. The summed E-state index contributed by atoms with van der Waals surface area (Å²) < 4.78 is 7.28. The summed E-state index contributed by atoms with van der Waals surface area (Å²) in [4.78, 5) is 4.02. The highest BCUT2D eigenvalue weighted by atomic mass is 16.5. The zero-order valence-electron chi connectivity index (χ0n) is 12.6. The van der Waals surface area contributed by atoms with Gasteiger partial charge in [-0.2, -0.15) is 0 Å². The van der Waals surface area contributed by atoms with Crippen molar-refractivity contribution < 1.29 is 9.84 Å². The Hall–Kier alpha value is -2.01. The fraction of sp³-hybridized carbons (Fsp3) is 0.438. The maximum Gasteiger partial charge on any atom is 0.120 e. The summed E-state index contributed by atoms with van der Waals surface area (Å²) >= 11 is 0. The highest BCUT2D eigenvalue weighted by Crippen LogP contribution is 2.28. The van der Waals surface area contributed by atoms with Crippen LogP contribution in [0.25, 0.3) is 0 Å². The van der Waals surface area contributed by atoms with Crippen LogP contribution in [-0.2, 0) is 6.54 Å². The van der Waals surface area contributed by atoms with E-state index >= 15 is 0 Å². The van der Waals surface area contributed by atoms with Crippen molar-refractivity contribution in [3.05, 3.63) is 42.5 Å². The zero-order chi connectivity index (χ0) is 15.1. The summed E-state index contributed by atoms with van der Waals surface area (Å²) in [5.41, 5.74) is 0.865. The van der Waals surface area contributed by atoms with Gasteiger partial charge >= 0.3 is 0 Å². The SMILES string of the molecule is COc1ccc(O)c(C(C)NCCCCn2ccnc2)c1. The van der Waals surface area contributed by atoms with Crippen molar-refractivity contribution in [1.29, 1.82) is 0 Å². The van der Waals surface area contributed by atoms with Crippen molar-refractivity contribution in [3.8, 4) is 11.5 Å². The Morgan fingerprint density at radius 2 is 2.24 bits per heavy atom. The van der Waals surface area contributed by atoms with Gasteiger partial charge in [-0.05, 0) is 44.5 Å². The summed E-state index contributed by atoms with van der Waals surface area (Å²) in [7, 11) is 1.63. The number of aromatic hydroxyl groups is 1. The highest BCUT2D eigenvalue weighted by molar-refractivity contribution is 5.41. The molecule has 0 aliphatic heterocycles. The van der Waals surface area contributed by atoms with Gasteiger partial charge in [0.2, 0.25) is 0 Å². The molecule has 0 spiro atoms. The Morgan fingerprint density at radius 3 is 2.95 bits per heavy atom. The molecule has 0 bridgehead atoms. The predicted molar refractivity (Wildman–Crippen MR) is 82.5 cm³/mol. The quantitative estimate of drug-likeness (QED) is 0.734. The minimum atomic E-state index is 0.0911. The van der Waals surface area contributed by atoms with Crippen molar-refractivity contribution in [2.45, 2.75) is 32.4 Å². The third kappa shape index (κ3) is 4.49. The van der Waals surface area contributed by atoms with E-state index in [1.165, 1.54) is 0 Å². The van der Waals surface area contributed by atoms with E-state index < -0.39 is 0 Å². The number of nitrogens with one attached hydrogen (secondary N) is 1. The number of hydrogen-bond acceptors (Lipinski definition) is 4. The van der Waals surface area contributed by atoms with E-state index in [1.54, 1.807) is 25.4 Å². The molecule has 1 aromatic carbocycles. The number of methoxy groups -OCH3 is 1. The van der Waals surface area contributed by atoms with Crippen LogP contribution in [0.5, 0.6) is 11.5 Å². The molecule has 0 fully saturated rings. The fourth-order valence-electron chi connectivity index (χ4n) is 2.27. The van der Waals surface area contributed by atoms with Gasteiger partial charge in [-0.1, -0.05) is 0 Å². The number of ether oxygens (including phenoxy) is 1. The van der Waals surface area contributed by atoms with Gasteiger partial charge in [-0.25, -0.2) is 4.98 Å². The van der Waals surface area contributed by atoms with Crippen LogP contribution >= 0.6 is 0 Å². The van der Waals surface area contributed by atoms with Crippen molar-refractivity contribution >= 4 is 0 Å². The lowest BCUT2D eigenvalue weighted by Crippen LogP contribution is -2.20. The summed E-state index contributed by atoms with van der Waals surface area (Å²) in [5, 5.41) is 13.4. The minimum absolute atomic E-state index is 0.0911. The number of aromatic nitrogens is 2. The molecule has 114 valence electrons. The number of unbranched alkanes of at least 4 members (excludes halogenated alkanes) is 1. The monoisotopic (exact) mass is 289 g/mol. The molecule has 5 nitrogen and oxygen atoms in total.